The number of hydrogen-bond donors (Lipinski definition) is 8. The van der Waals surface area contributed by atoms with Gasteiger partial charge in [-0.05, 0) is 0 Å². The molecule has 17 heteroatoms. The first-order valence-electron chi connectivity index (χ1n) is 7.53. The Labute approximate surface area is 167 Å². The van der Waals surface area contributed by atoms with Crippen LogP contribution in [-0.2, 0) is 31.5 Å². The topological polar surface area (TPSA) is 267 Å². The van der Waals surface area contributed by atoms with Gasteiger partial charge in [0.15, 0.2) is 0 Å². The number of carbonyl (C=O) groups excluding carboxylic acids is 4. The summed E-state index contributed by atoms with van der Waals surface area (Å²) in [4.78, 5) is 47.1. The molecule has 16 nitrogen and oxygen atoms in total. The zero-order valence-electron chi connectivity index (χ0n) is 14.5. The summed E-state index contributed by atoms with van der Waals surface area (Å²) >= 11 is -6.81. The average molecular weight is 539 g/mol. The Morgan fingerprint density at radius 2 is 0.690 bits per heavy atom. The van der Waals surface area contributed by atoms with Crippen LogP contribution in [0.5, 0.6) is 0 Å². The summed E-state index contributed by atoms with van der Waals surface area (Å²) in [5.41, 5.74) is 0. The van der Waals surface area contributed by atoms with Crippen LogP contribution in [0.25, 0.3) is 0 Å². The van der Waals surface area contributed by atoms with E-state index < -0.39 is 94.8 Å². The summed E-state index contributed by atoms with van der Waals surface area (Å²) in [5, 5.41) is 72.1. The van der Waals surface area contributed by atoms with Crippen molar-refractivity contribution in [2.75, 3.05) is 26.4 Å². The van der Waals surface area contributed by atoms with Crippen molar-refractivity contribution in [3.8, 4) is 0 Å². The average Bonchev–Trinajstić information content (AvgIpc) is 2.70. The maximum absolute atomic E-state index is 11.8. The number of carbonyl (C=O) groups is 4. The molecule has 0 aliphatic carbocycles. The van der Waals surface area contributed by atoms with Gasteiger partial charge in [-0.2, -0.15) is 0 Å². The standard InChI is InChI=1S/4C3H6O4.Sn/c4*4-1-2(5)3(6)7;/h4*2,4-5H,1H2,(H,6,7);/q;;;;+4/p-4. The third kappa shape index (κ3) is 8.72. The summed E-state index contributed by atoms with van der Waals surface area (Å²) in [6, 6.07) is 0. The predicted octanol–water partition coefficient (Wildman–Crippen LogP) is -6.99. The van der Waals surface area contributed by atoms with Crippen molar-refractivity contribution in [1.82, 2.24) is 0 Å². The second-order valence-electron chi connectivity index (χ2n) is 4.98. The Kier molecular flexibility index (Phi) is 12.1. The van der Waals surface area contributed by atoms with Crippen molar-refractivity contribution in [3.05, 3.63) is 0 Å². The molecule has 0 saturated heterocycles. The second kappa shape index (κ2) is 12.8. The number of rotatable bonds is 12. The van der Waals surface area contributed by atoms with Crippen molar-refractivity contribution >= 4 is 43.9 Å². The van der Waals surface area contributed by atoms with E-state index >= 15 is 0 Å². The van der Waals surface area contributed by atoms with E-state index in [2.05, 4.69) is 12.3 Å². The van der Waals surface area contributed by atoms with E-state index in [0.29, 0.717) is 0 Å². The molecule has 0 aliphatic heterocycles. The molecule has 0 radical (unpaired) electrons. The maximum atomic E-state index is 11.8. The first kappa shape index (κ1) is 27.4. The number of aliphatic hydroxyl groups is 8. The molecule has 0 rings (SSSR count). The normalized spacial score (nSPS) is 17.1. The summed E-state index contributed by atoms with van der Waals surface area (Å²) in [7, 11) is 0. The fraction of sp³-hybridized carbons (Fsp3) is 0.667. The third-order valence-corrected chi connectivity index (χ3v) is 7.83. The van der Waals surface area contributed by atoms with E-state index in [1.54, 1.807) is 0 Å². The van der Waals surface area contributed by atoms with Crippen LogP contribution in [0, 0.1) is 0 Å². The van der Waals surface area contributed by atoms with Gasteiger partial charge in [-0.25, -0.2) is 0 Å². The van der Waals surface area contributed by atoms with E-state index in [1.165, 1.54) is 0 Å². The summed E-state index contributed by atoms with van der Waals surface area (Å²) in [6.45, 7) is -5.02. The van der Waals surface area contributed by atoms with Gasteiger partial charge in [0.25, 0.3) is 0 Å². The first-order valence-corrected chi connectivity index (χ1v) is 12.2. The Balaban J connectivity index is 6.11. The zero-order chi connectivity index (χ0) is 22.8. The Morgan fingerprint density at radius 3 is 0.828 bits per heavy atom. The third-order valence-electron chi connectivity index (χ3n) is 2.68. The van der Waals surface area contributed by atoms with Crippen molar-refractivity contribution in [2.24, 2.45) is 0 Å². The molecule has 8 N–H and O–H groups in total. The van der Waals surface area contributed by atoms with Gasteiger partial charge in [0, 0.05) is 0 Å². The van der Waals surface area contributed by atoms with Gasteiger partial charge in [-0.15, -0.1) is 0 Å². The van der Waals surface area contributed by atoms with Gasteiger partial charge in [0.2, 0.25) is 0 Å². The van der Waals surface area contributed by atoms with Crippen LogP contribution in [0.1, 0.15) is 0 Å². The molecule has 0 aromatic heterocycles. The Hall–Kier alpha value is -1.64. The summed E-state index contributed by atoms with van der Waals surface area (Å²) in [6.07, 6.45) is -9.29. The Bertz CT molecular complexity index is 479. The van der Waals surface area contributed by atoms with Crippen LogP contribution in [0.4, 0.5) is 0 Å². The minimum atomic E-state index is -6.81. The van der Waals surface area contributed by atoms with Gasteiger partial charge in [0.1, 0.15) is 0 Å². The van der Waals surface area contributed by atoms with Crippen LogP contribution in [-0.4, -0.2) is 136 Å². The second-order valence-corrected chi connectivity index (χ2v) is 10.2. The van der Waals surface area contributed by atoms with E-state index in [9.17, 15) is 39.6 Å². The molecule has 0 saturated carbocycles. The Morgan fingerprint density at radius 1 is 0.517 bits per heavy atom. The monoisotopic (exact) mass is 540 g/mol. The van der Waals surface area contributed by atoms with E-state index in [0.717, 1.165) is 0 Å². The number of hydrogen-bond acceptors (Lipinski definition) is 16. The van der Waals surface area contributed by atoms with Gasteiger partial charge in [-0.3, -0.25) is 0 Å². The zero-order valence-corrected chi connectivity index (χ0v) is 17.3. The van der Waals surface area contributed by atoms with Crippen LogP contribution in [0.15, 0.2) is 0 Å². The summed E-state index contributed by atoms with van der Waals surface area (Å²) < 4.78 is 17.8. The quantitative estimate of drug-likeness (QED) is 0.107. The van der Waals surface area contributed by atoms with Crippen LogP contribution >= 0.6 is 0 Å². The fourth-order valence-corrected chi connectivity index (χ4v) is 6.27. The molecule has 0 spiro atoms. The van der Waals surface area contributed by atoms with Crippen molar-refractivity contribution < 1.29 is 72.3 Å². The van der Waals surface area contributed by atoms with E-state index in [-0.39, 0.29) is 0 Å². The molecular formula is C12H20O16Sn. The van der Waals surface area contributed by atoms with E-state index in [1.807, 2.05) is 0 Å². The van der Waals surface area contributed by atoms with Crippen molar-refractivity contribution in [1.29, 1.82) is 0 Å². The molecule has 29 heavy (non-hydrogen) atoms. The molecule has 0 fully saturated rings. The van der Waals surface area contributed by atoms with Gasteiger partial charge in [-0.1, -0.05) is 0 Å². The minimum absolute atomic E-state index is 1.26. The molecule has 0 aliphatic rings. The number of aliphatic hydroxyl groups excluding tert-OH is 8. The van der Waals surface area contributed by atoms with Crippen LogP contribution in [0.3, 0.4) is 0 Å². The SMILES string of the molecule is O=C([O][Sn]([O]C(=O)C(O)CO)([O]C(=O)C(O)CO)[O]C(=O)C(O)CO)C(O)CO. The molecule has 168 valence electrons. The molecular weight excluding hydrogens is 519 g/mol. The fourth-order valence-electron chi connectivity index (χ4n) is 1.19. The molecule has 4 unspecified atom stereocenters. The molecule has 0 amide bonds. The van der Waals surface area contributed by atoms with Gasteiger partial charge >= 0.3 is 167 Å². The van der Waals surface area contributed by atoms with E-state index in [4.69, 9.17) is 20.4 Å². The molecule has 0 heterocycles. The molecule has 0 aromatic carbocycles. The molecule has 0 bridgehead atoms. The van der Waals surface area contributed by atoms with Crippen LogP contribution in [0.2, 0.25) is 0 Å². The molecule has 0 aromatic rings. The first-order chi connectivity index (χ1) is 13.5. The van der Waals surface area contributed by atoms with Gasteiger partial charge < -0.3 is 0 Å². The van der Waals surface area contributed by atoms with Gasteiger partial charge in [0.05, 0.1) is 0 Å². The van der Waals surface area contributed by atoms with Crippen molar-refractivity contribution in [3.63, 3.8) is 0 Å². The molecule has 4 atom stereocenters. The van der Waals surface area contributed by atoms with Crippen LogP contribution < -0.4 is 0 Å². The predicted molar refractivity (Wildman–Crippen MR) is 82.5 cm³/mol. The summed E-state index contributed by atoms with van der Waals surface area (Å²) in [5.74, 6) is -7.42. The van der Waals surface area contributed by atoms with Crippen molar-refractivity contribution in [2.45, 2.75) is 24.4 Å².